The predicted molar refractivity (Wildman–Crippen MR) is 154 cm³/mol. The van der Waals surface area contributed by atoms with Crippen LogP contribution in [-0.4, -0.2) is 50.0 Å². The second kappa shape index (κ2) is 13.9. The van der Waals surface area contributed by atoms with Gasteiger partial charge in [0.2, 0.25) is 21.8 Å². The summed E-state index contributed by atoms with van der Waals surface area (Å²) in [5, 5.41) is 4.33. The van der Waals surface area contributed by atoms with E-state index in [1.807, 2.05) is 6.92 Å². The first-order valence-electron chi connectivity index (χ1n) is 12.8. The fraction of sp³-hybridized carbons (Fsp3) is 0.481. The summed E-state index contributed by atoms with van der Waals surface area (Å²) in [5.74, 6) is -0.485. The Morgan fingerprint density at radius 1 is 1.05 bits per heavy atom. The zero-order chi connectivity index (χ0) is 27.9. The highest BCUT2D eigenvalue weighted by molar-refractivity contribution is 7.92. The molecule has 1 fully saturated rings. The van der Waals surface area contributed by atoms with Crippen LogP contribution in [0.3, 0.4) is 0 Å². The standard InChI is InChI=1S/C27H34Cl3N3O4S/c1-3-25(27(35)31-20-10-4-5-11-20)32(18-22-23(29)13-7-14-24(22)30)26(34)15-8-16-33(38(2,36)37)21-12-6-9-19(28)17-21/h6-7,9,12-14,17,20,25H,3-5,8,10-11,15-16,18H2,1-2H3,(H,31,35). The van der Waals surface area contributed by atoms with Gasteiger partial charge in [-0.05, 0) is 56.0 Å². The molecule has 2 amide bonds. The summed E-state index contributed by atoms with van der Waals surface area (Å²) >= 11 is 18.9. The molecule has 0 aliphatic heterocycles. The maximum absolute atomic E-state index is 13.6. The molecule has 1 unspecified atom stereocenters. The normalized spacial score (nSPS) is 14.8. The number of hydrogen-bond donors (Lipinski definition) is 1. The maximum atomic E-state index is 13.6. The smallest absolute Gasteiger partial charge is 0.243 e. The lowest BCUT2D eigenvalue weighted by Crippen LogP contribution is -2.51. The lowest BCUT2D eigenvalue weighted by Gasteiger charge is -2.32. The van der Waals surface area contributed by atoms with Crippen molar-refractivity contribution in [3.8, 4) is 0 Å². The second-order valence-electron chi connectivity index (χ2n) is 9.55. The molecule has 7 nitrogen and oxygen atoms in total. The third kappa shape index (κ3) is 8.25. The van der Waals surface area contributed by atoms with Crippen molar-refractivity contribution in [3.63, 3.8) is 0 Å². The SMILES string of the molecule is CCC(C(=O)NC1CCCC1)N(Cc1c(Cl)cccc1Cl)C(=O)CCCN(c1cccc(Cl)c1)S(C)(=O)=O. The number of nitrogens with one attached hydrogen (secondary N) is 1. The number of rotatable bonds is 12. The molecule has 0 aromatic heterocycles. The number of sulfonamides is 1. The summed E-state index contributed by atoms with van der Waals surface area (Å²) < 4.78 is 26.2. The van der Waals surface area contributed by atoms with E-state index in [9.17, 15) is 18.0 Å². The lowest BCUT2D eigenvalue weighted by molar-refractivity contribution is -0.141. The number of benzene rings is 2. The van der Waals surface area contributed by atoms with E-state index in [0.717, 1.165) is 31.9 Å². The van der Waals surface area contributed by atoms with E-state index in [0.29, 0.717) is 32.7 Å². The predicted octanol–water partition coefficient (Wildman–Crippen LogP) is 6.06. The van der Waals surface area contributed by atoms with Crippen molar-refractivity contribution >= 4 is 62.3 Å². The van der Waals surface area contributed by atoms with Gasteiger partial charge in [0.25, 0.3) is 0 Å². The zero-order valence-corrected chi connectivity index (χ0v) is 24.7. The van der Waals surface area contributed by atoms with E-state index in [-0.39, 0.29) is 43.8 Å². The van der Waals surface area contributed by atoms with E-state index < -0.39 is 16.1 Å². The summed E-state index contributed by atoms with van der Waals surface area (Å²) in [5.41, 5.74) is 0.988. The van der Waals surface area contributed by atoms with Crippen molar-refractivity contribution in [2.45, 2.75) is 70.5 Å². The average Bonchev–Trinajstić information content (AvgIpc) is 3.35. The molecule has 1 aliphatic rings. The first kappa shape index (κ1) is 30.5. The minimum Gasteiger partial charge on any atom is -0.352 e. The van der Waals surface area contributed by atoms with E-state index in [1.165, 1.54) is 9.21 Å². The Hall–Kier alpha value is -2.00. The van der Waals surface area contributed by atoms with Crippen molar-refractivity contribution in [1.82, 2.24) is 10.2 Å². The molecular weight excluding hydrogens is 569 g/mol. The van der Waals surface area contributed by atoms with Gasteiger partial charge >= 0.3 is 0 Å². The highest BCUT2D eigenvalue weighted by Gasteiger charge is 2.31. The van der Waals surface area contributed by atoms with Crippen LogP contribution in [0.4, 0.5) is 5.69 Å². The van der Waals surface area contributed by atoms with Crippen LogP contribution in [0.15, 0.2) is 42.5 Å². The van der Waals surface area contributed by atoms with Gasteiger partial charge in [-0.1, -0.05) is 66.7 Å². The number of nitrogens with zero attached hydrogens (tertiary/aromatic N) is 2. The monoisotopic (exact) mass is 601 g/mol. The highest BCUT2D eigenvalue weighted by atomic mass is 35.5. The number of amides is 2. The Balaban J connectivity index is 1.80. The molecule has 0 spiro atoms. The van der Waals surface area contributed by atoms with Crippen LogP contribution in [-0.2, 0) is 26.2 Å². The van der Waals surface area contributed by atoms with Gasteiger partial charge in [0.15, 0.2) is 0 Å². The minimum absolute atomic E-state index is 0.0296. The Morgan fingerprint density at radius 2 is 1.68 bits per heavy atom. The van der Waals surface area contributed by atoms with Gasteiger partial charge in [0.05, 0.1) is 11.9 Å². The third-order valence-electron chi connectivity index (χ3n) is 6.73. The summed E-state index contributed by atoms with van der Waals surface area (Å²) in [4.78, 5) is 28.4. The van der Waals surface area contributed by atoms with E-state index in [1.54, 1.807) is 42.5 Å². The summed E-state index contributed by atoms with van der Waals surface area (Å²) in [6, 6.07) is 11.1. The molecule has 3 rings (SSSR count). The molecule has 2 aromatic carbocycles. The molecule has 0 radical (unpaired) electrons. The van der Waals surface area contributed by atoms with Gasteiger partial charge in [0, 0.05) is 46.2 Å². The Kier molecular flexibility index (Phi) is 11.2. The number of carbonyl (C=O) groups excluding carboxylic acids is 2. The second-order valence-corrected chi connectivity index (χ2v) is 12.7. The third-order valence-corrected chi connectivity index (χ3v) is 8.86. The van der Waals surface area contributed by atoms with Crippen LogP contribution >= 0.6 is 34.8 Å². The molecule has 208 valence electrons. The first-order valence-corrected chi connectivity index (χ1v) is 15.8. The molecular formula is C27H34Cl3N3O4S. The average molecular weight is 603 g/mol. The Labute approximate surface area is 240 Å². The summed E-state index contributed by atoms with van der Waals surface area (Å²) in [7, 11) is -3.61. The quantitative estimate of drug-likeness (QED) is 0.320. The van der Waals surface area contributed by atoms with Gasteiger partial charge in [0.1, 0.15) is 6.04 Å². The van der Waals surface area contributed by atoms with Crippen LogP contribution in [0.25, 0.3) is 0 Å². The van der Waals surface area contributed by atoms with Gasteiger partial charge in [-0.25, -0.2) is 8.42 Å². The van der Waals surface area contributed by atoms with Crippen molar-refractivity contribution < 1.29 is 18.0 Å². The molecule has 0 heterocycles. The Morgan fingerprint density at radius 3 is 2.26 bits per heavy atom. The van der Waals surface area contributed by atoms with Crippen molar-refractivity contribution in [3.05, 3.63) is 63.1 Å². The van der Waals surface area contributed by atoms with Crippen LogP contribution in [0.2, 0.25) is 15.1 Å². The number of anilines is 1. The molecule has 0 saturated heterocycles. The van der Waals surface area contributed by atoms with Crippen LogP contribution in [0, 0.1) is 0 Å². The van der Waals surface area contributed by atoms with Crippen LogP contribution in [0.5, 0.6) is 0 Å². The van der Waals surface area contributed by atoms with Crippen molar-refractivity contribution in [2.24, 2.45) is 0 Å². The molecule has 1 aliphatic carbocycles. The molecule has 1 saturated carbocycles. The van der Waals surface area contributed by atoms with Crippen molar-refractivity contribution in [1.29, 1.82) is 0 Å². The number of halogens is 3. The maximum Gasteiger partial charge on any atom is 0.243 e. The van der Waals surface area contributed by atoms with E-state index in [4.69, 9.17) is 34.8 Å². The van der Waals surface area contributed by atoms with E-state index in [2.05, 4.69) is 5.32 Å². The van der Waals surface area contributed by atoms with Gasteiger partial charge < -0.3 is 10.2 Å². The largest absolute Gasteiger partial charge is 0.352 e. The first-order chi connectivity index (χ1) is 18.0. The summed E-state index contributed by atoms with van der Waals surface area (Å²) in [6.45, 7) is 2.01. The molecule has 0 bridgehead atoms. The van der Waals surface area contributed by atoms with Gasteiger partial charge in [-0.15, -0.1) is 0 Å². The number of hydrogen-bond acceptors (Lipinski definition) is 4. The molecule has 2 aromatic rings. The Bertz CT molecular complexity index is 1220. The fourth-order valence-electron chi connectivity index (χ4n) is 4.78. The molecule has 1 N–H and O–H groups in total. The molecule has 38 heavy (non-hydrogen) atoms. The highest BCUT2D eigenvalue weighted by Crippen LogP contribution is 2.28. The van der Waals surface area contributed by atoms with Gasteiger partial charge in [-0.3, -0.25) is 13.9 Å². The lowest BCUT2D eigenvalue weighted by atomic mass is 10.1. The fourth-order valence-corrected chi connectivity index (χ4v) is 6.43. The number of carbonyl (C=O) groups is 2. The molecule has 11 heteroatoms. The van der Waals surface area contributed by atoms with Crippen LogP contribution in [0.1, 0.15) is 57.4 Å². The van der Waals surface area contributed by atoms with E-state index >= 15 is 0 Å². The summed E-state index contributed by atoms with van der Waals surface area (Å²) in [6.07, 6.45) is 5.79. The van der Waals surface area contributed by atoms with Gasteiger partial charge in [-0.2, -0.15) is 0 Å². The zero-order valence-electron chi connectivity index (χ0n) is 21.6. The molecule has 1 atom stereocenters. The minimum atomic E-state index is -3.61. The van der Waals surface area contributed by atoms with Crippen LogP contribution < -0.4 is 9.62 Å². The topological polar surface area (TPSA) is 86.8 Å². The van der Waals surface area contributed by atoms with Crippen molar-refractivity contribution in [2.75, 3.05) is 17.1 Å².